The molecule has 5 nitrogen and oxygen atoms in total. The van der Waals surface area contributed by atoms with Crippen molar-refractivity contribution in [3.8, 4) is 22.4 Å². The van der Waals surface area contributed by atoms with E-state index in [1.807, 2.05) is 28.8 Å². The van der Waals surface area contributed by atoms with Gasteiger partial charge in [0.2, 0.25) is 0 Å². The van der Waals surface area contributed by atoms with Crippen LogP contribution in [0, 0.1) is 0 Å². The number of hydrogen-bond acceptors (Lipinski definition) is 4. The predicted octanol–water partition coefficient (Wildman–Crippen LogP) is 4.76. The molecule has 136 valence electrons. The second kappa shape index (κ2) is 6.46. The Morgan fingerprint density at radius 3 is 2.75 bits per heavy atom. The van der Waals surface area contributed by atoms with Crippen molar-refractivity contribution >= 4 is 22.4 Å². The first-order valence-electron chi connectivity index (χ1n) is 9.31. The number of fused-ring (bicyclic) bond motifs is 2. The third kappa shape index (κ3) is 2.68. The van der Waals surface area contributed by atoms with Crippen molar-refractivity contribution in [3.05, 3.63) is 78.9 Å². The van der Waals surface area contributed by atoms with Crippen LogP contribution in [0.4, 0.5) is 5.82 Å². The van der Waals surface area contributed by atoms with Crippen LogP contribution in [-0.2, 0) is 6.42 Å². The molecule has 0 amide bonds. The van der Waals surface area contributed by atoms with Crippen LogP contribution in [0.1, 0.15) is 12.6 Å². The zero-order valence-electron chi connectivity index (χ0n) is 15.5. The number of rotatable bonds is 3. The molecule has 4 heterocycles. The molecule has 1 aromatic carbocycles. The van der Waals surface area contributed by atoms with Gasteiger partial charge in [-0.25, -0.2) is 15.0 Å². The van der Waals surface area contributed by atoms with E-state index in [4.69, 9.17) is 10.7 Å². The fraction of sp³-hybridized carbons (Fsp3) is 0.0870. The van der Waals surface area contributed by atoms with E-state index in [1.165, 1.54) is 0 Å². The molecule has 5 rings (SSSR count). The first-order valence-corrected chi connectivity index (χ1v) is 9.31. The number of imidazole rings is 1. The fourth-order valence-corrected chi connectivity index (χ4v) is 3.63. The van der Waals surface area contributed by atoms with Crippen LogP contribution >= 0.6 is 0 Å². The van der Waals surface area contributed by atoms with Crippen LogP contribution in [0.2, 0.25) is 0 Å². The lowest BCUT2D eigenvalue weighted by Gasteiger charge is -2.12. The Labute approximate surface area is 162 Å². The first kappa shape index (κ1) is 16.4. The second-order valence-corrected chi connectivity index (χ2v) is 6.77. The molecule has 0 unspecified atom stereocenters. The molecule has 5 heteroatoms. The minimum atomic E-state index is 0.545. The number of hydrogen-bond donors (Lipinski definition) is 1. The molecular weight excluding hydrogens is 346 g/mol. The third-order valence-corrected chi connectivity index (χ3v) is 5.03. The molecule has 4 aromatic heterocycles. The van der Waals surface area contributed by atoms with Crippen LogP contribution < -0.4 is 5.73 Å². The number of para-hydroxylation sites is 1. The van der Waals surface area contributed by atoms with Crippen molar-refractivity contribution in [2.45, 2.75) is 13.3 Å². The lowest BCUT2D eigenvalue weighted by molar-refractivity contribution is 1.05. The maximum absolute atomic E-state index is 5.90. The zero-order valence-corrected chi connectivity index (χ0v) is 15.5. The molecule has 0 atom stereocenters. The maximum Gasteiger partial charge on any atom is 0.136 e. The van der Waals surface area contributed by atoms with Crippen LogP contribution in [-0.4, -0.2) is 19.4 Å². The lowest BCUT2D eigenvalue weighted by Crippen LogP contribution is -1.98. The highest BCUT2D eigenvalue weighted by molar-refractivity contribution is 5.95. The van der Waals surface area contributed by atoms with E-state index in [9.17, 15) is 0 Å². The van der Waals surface area contributed by atoms with E-state index in [1.54, 1.807) is 6.20 Å². The van der Waals surface area contributed by atoms with Crippen LogP contribution in [0.5, 0.6) is 0 Å². The first-order chi connectivity index (χ1) is 13.7. The minimum Gasteiger partial charge on any atom is -0.384 e. The number of nitrogens with zero attached hydrogens (tertiary/aromatic N) is 4. The van der Waals surface area contributed by atoms with Gasteiger partial charge in [-0.15, -0.1) is 0 Å². The molecule has 0 aliphatic carbocycles. The van der Waals surface area contributed by atoms with E-state index in [2.05, 4.69) is 59.5 Å². The van der Waals surface area contributed by atoms with Crippen molar-refractivity contribution in [3.63, 3.8) is 0 Å². The highest BCUT2D eigenvalue weighted by atomic mass is 15.0. The van der Waals surface area contributed by atoms with Gasteiger partial charge in [0, 0.05) is 40.7 Å². The normalized spacial score (nSPS) is 11.3. The lowest BCUT2D eigenvalue weighted by atomic mass is 9.99. The topological polar surface area (TPSA) is 69.1 Å². The molecule has 0 saturated carbocycles. The number of anilines is 1. The number of benzene rings is 1. The summed E-state index contributed by atoms with van der Waals surface area (Å²) in [4.78, 5) is 13.9. The van der Waals surface area contributed by atoms with Gasteiger partial charge in [-0.1, -0.05) is 31.2 Å². The molecule has 5 aromatic rings. The van der Waals surface area contributed by atoms with Gasteiger partial charge >= 0.3 is 0 Å². The standard InChI is InChI=1S/C23H19N5/c1-2-19-17(8-10-21(24)26-19)18-5-3-4-15-6-9-20(27-23(15)18)16-7-11-22-25-12-13-28(22)14-16/h3-14H,2H2,1H3,(H2,24,26). The molecule has 0 aliphatic rings. The molecule has 2 N–H and O–H groups in total. The maximum atomic E-state index is 5.90. The van der Waals surface area contributed by atoms with E-state index in [0.29, 0.717) is 5.82 Å². The average Bonchev–Trinajstić information content (AvgIpc) is 3.21. The third-order valence-electron chi connectivity index (χ3n) is 5.03. The number of nitrogen functional groups attached to an aromatic ring is 1. The predicted molar refractivity (Wildman–Crippen MR) is 113 cm³/mol. The summed E-state index contributed by atoms with van der Waals surface area (Å²) in [5, 5.41) is 1.10. The Morgan fingerprint density at radius 2 is 1.86 bits per heavy atom. The SMILES string of the molecule is CCc1nc(N)ccc1-c1cccc2ccc(-c3ccc4nccn4c3)nc12. The summed E-state index contributed by atoms with van der Waals surface area (Å²) in [7, 11) is 0. The highest BCUT2D eigenvalue weighted by Gasteiger charge is 2.12. The zero-order chi connectivity index (χ0) is 19.1. The van der Waals surface area contributed by atoms with Crippen molar-refractivity contribution in [1.29, 1.82) is 0 Å². The second-order valence-electron chi connectivity index (χ2n) is 6.77. The molecule has 0 radical (unpaired) electrons. The number of pyridine rings is 3. The van der Waals surface area contributed by atoms with Gasteiger partial charge in [-0.2, -0.15) is 0 Å². The quantitative estimate of drug-likeness (QED) is 0.501. The van der Waals surface area contributed by atoms with Gasteiger partial charge in [0.25, 0.3) is 0 Å². The summed E-state index contributed by atoms with van der Waals surface area (Å²) in [6.45, 7) is 2.09. The Kier molecular flexibility index (Phi) is 3.79. The Morgan fingerprint density at radius 1 is 0.929 bits per heavy atom. The van der Waals surface area contributed by atoms with Gasteiger partial charge in [0.05, 0.1) is 16.9 Å². The van der Waals surface area contributed by atoms with Crippen molar-refractivity contribution in [2.24, 2.45) is 0 Å². The van der Waals surface area contributed by atoms with Gasteiger partial charge in [0.1, 0.15) is 11.5 Å². The molecule has 0 fully saturated rings. The molecule has 28 heavy (non-hydrogen) atoms. The number of aryl methyl sites for hydroxylation is 1. The number of nitrogens with two attached hydrogens (primary N) is 1. The van der Waals surface area contributed by atoms with Crippen LogP contribution in [0.25, 0.3) is 38.9 Å². The van der Waals surface area contributed by atoms with Crippen molar-refractivity contribution in [1.82, 2.24) is 19.4 Å². The largest absolute Gasteiger partial charge is 0.384 e. The van der Waals surface area contributed by atoms with Gasteiger partial charge in [0.15, 0.2) is 0 Å². The average molecular weight is 365 g/mol. The highest BCUT2D eigenvalue weighted by Crippen LogP contribution is 2.32. The van der Waals surface area contributed by atoms with E-state index < -0.39 is 0 Å². The van der Waals surface area contributed by atoms with E-state index >= 15 is 0 Å². The Hall–Kier alpha value is -3.73. The minimum absolute atomic E-state index is 0.545. The Balaban J connectivity index is 1.72. The molecule has 0 bridgehead atoms. The van der Waals surface area contributed by atoms with Crippen LogP contribution in [0.3, 0.4) is 0 Å². The smallest absolute Gasteiger partial charge is 0.136 e. The summed E-state index contributed by atoms with van der Waals surface area (Å²) in [5.41, 5.74) is 12.9. The summed E-state index contributed by atoms with van der Waals surface area (Å²) in [5.74, 6) is 0.545. The van der Waals surface area contributed by atoms with Crippen molar-refractivity contribution < 1.29 is 0 Å². The van der Waals surface area contributed by atoms with E-state index in [-0.39, 0.29) is 0 Å². The number of aromatic nitrogens is 4. The monoisotopic (exact) mass is 365 g/mol. The van der Waals surface area contributed by atoms with Gasteiger partial charge in [-0.3, -0.25) is 0 Å². The molecule has 0 spiro atoms. The van der Waals surface area contributed by atoms with Gasteiger partial charge < -0.3 is 10.1 Å². The Bertz CT molecular complexity index is 1320. The summed E-state index contributed by atoms with van der Waals surface area (Å²) in [6, 6.07) is 18.4. The fourth-order valence-electron chi connectivity index (χ4n) is 3.63. The van der Waals surface area contributed by atoms with Crippen LogP contribution in [0.15, 0.2) is 73.2 Å². The molecular formula is C23H19N5. The van der Waals surface area contributed by atoms with E-state index in [0.717, 1.165) is 51.0 Å². The molecule has 0 saturated heterocycles. The molecule has 0 aliphatic heterocycles. The summed E-state index contributed by atoms with van der Waals surface area (Å²) >= 11 is 0. The summed E-state index contributed by atoms with van der Waals surface area (Å²) < 4.78 is 2.01. The van der Waals surface area contributed by atoms with Crippen molar-refractivity contribution in [2.75, 3.05) is 5.73 Å². The van der Waals surface area contributed by atoms with Gasteiger partial charge in [-0.05, 0) is 36.8 Å². The summed E-state index contributed by atoms with van der Waals surface area (Å²) in [6.07, 6.45) is 6.61.